The van der Waals surface area contributed by atoms with Gasteiger partial charge < -0.3 is 14.7 Å². The molecule has 11 heteroatoms. The van der Waals surface area contributed by atoms with Crippen LogP contribution in [-0.2, 0) is 23.1 Å². The molecule has 1 aliphatic rings. The van der Waals surface area contributed by atoms with E-state index < -0.39 is 34.5 Å². The zero-order chi connectivity index (χ0) is 28.9. The number of hydrogen-bond donors (Lipinski definition) is 1. The van der Waals surface area contributed by atoms with Crippen molar-refractivity contribution in [1.82, 2.24) is 24.6 Å². The molecule has 0 saturated heterocycles. The Morgan fingerprint density at radius 2 is 1.72 bits per heavy atom. The second-order valence-corrected chi connectivity index (χ2v) is 11.8. The minimum absolute atomic E-state index is 0.149. The summed E-state index contributed by atoms with van der Waals surface area (Å²) in [4.78, 5) is 50.8. The number of aromatic nitrogens is 4. The number of anilines is 2. The van der Waals surface area contributed by atoms with E-state index in [4.69, 9.17) is 4.74 Å². The number of aliphatic carboxylic acids is 1. The Hall–Kier alpha value is -4.28. The Labute approximate surface area is 227 Å². The van der Waals surface area contributed by atoms with Gasteiger partial charge >= 0.3 is 12.1 Å². The van der Waals surface area contributed by atoms with Crippen molar-refractivity contribution in [2.45, 2.75) is 66.2 Å². The normalized spacial score (nSPS) is 15.1. The fraction of sp³-hybridized carbons (Fsp3) is 0.429. The highest BCUT2D eigenvalue weighted by Crippen LogP contribution is 2.41. The van der Waals surface area contributed by atoms with Gasteiger partial charge in [0, 0.05) is 37.0 Å². The first-order valence-corrected chi connectivity index (χ1v) is 12.6. The summed E-state index contributed by atoms with van der Waals surface area (Å²) in [6, 6.07) is 8.63. The number of ether oxygens (including phenoxy) is 1. The molecule has 2 amide bonds. The Morgan fingerprint density at radius 1 is 1.03 bits per heavy atom. The lowest BCUT2D eigenvalue weighted by molar-refractivity contribution is -0.156. The van der Waals surface area contributed by atoms with Gasteiger partial charge in [0.1, 0.15) is 28.5 Å². The molecule has 11 nitrogen and oxygen atoms in total. The van der Waals surface area contributed by atoms with Crippen LogP contribution >= 0.6 is 0 Å². The second-order valence-electron chi connectivity index (χ2n) is 11.8. The zero-order valence-electron chi connectivity index (χ0n) is 23.5. The van der Waals surface area contributed by atoms with E-state index in [0.29, 0.717) is 22.6 Å². The molecule has 3 aromatic heterocycles. The summed E-state index contributed by atoms with van der Waals surface area (Å²) in [5, 5.41) is 14.3. The van der Waals surface area contributed by atoms with Crippen LogP contribution in [0.4, 0.5) is 16.4 Å². The van der Waals surface area contributed by atoms with Crippen LogP contribution < -0.4 is 4.90 Å². The van der Waals surface area contributed by atoms with E-state index in [2.05, 4.69) is 15.1 Å². The van der Waals surface area contributed by atoms with E-state index in [1.54, 1.807) is 98.2 Å². The lowest BCUT2D eigenvalue weighted by Crippen LogP contribution is -2.60. The average Bonchev–Trinajstić information content (AvgIpc) is 3.39. The molecule has 206 valence electrons. The van der Waals surface area contributed by atoms with Crippen molar-refractivity contribution in [2.24, 2.45) is 12.5 Å². The number of carboxylic acids is 1. The molecule has 0 spiro atoms. The number of pyridine rings is 2. The van der Waals surface area contributed by atoms with Gasteiger partial charge in [-0.3, -0.25) is 9.48 Å². The van der Waals surface area contributed by atoms with Crippen molar-refractivity contribution in [2.75, 3.05) is 4.90 Å². The SMILES string of the molecule is Cn1nccc1N(C(=O)OC(C)(C)C)c1cc(-c2ccc3c(n2)C(=O)N([C@@](C)(C(=O)O)C(C)(C)C)C3)ccn1. The zero-order valence-corrected chi connectivity index (χ0v) is 23.5. The number of rotatable bonds is 5. The first-order chi connectivity index (χ1) is 18.0. The summed E-state index contributed by atoms with van der Waals surface area (Å²) in [5.74, 6) is -0.776. The van der Waals surface area contributed by atoms with Crippen LogP contribution in [0.3, 0.4) is 0 Å². The molecule has 0 fully saturated rings. The maximum Gasteiger partial charge on any atom is 0.421 e. The number of nitrogens with zero attached hydrogens (tertiary/aromatic N) is 6. The molecule has 1 aliphatic heterocycles. The van der Waals surface area contributed by atoms with Crippen molar-refractivity contribution >= 4 is 29.6 Å². The van der Waals surface area contributed by atoms with Crippen LogP contribution in [0.5, 0.6) is 0 Å². The van der Waals surface area contributed by atoms with E-state index in [1.807, 2.05) is 0 Å². The number of carbonyl (C=O) groups excluding carboxylic acids is 2. The number of carbonyl (C=O) groups is 3. The van der Waals surface area contributed by atoms with E-state index >= 15 is 0 Å². The predicted octanol–water partition coefficient (Wildman–Crippen LogP) is 4.80. The van der Waals surface area contributed by atoms with Crippen molar-refractivity contribution in [1.29, 1.82) is 0 Å². The first kappa shape index (κ1) is 27.7. The molecule has 1 atom stereocenters. The Balaban J connectivity index is 1.73. The highest BCUT2D eigenvalue weighted by molar-refractivity contribution is 6.00. The van der Waals surface area contributed by atoms with Gasteiger partial charge in [0.2, 0.25) is 0 Å². The van der Waals surface area contributed by atoms with Gasteiger partial charge in [0.05, 0.1) is 11.9 Å². The predicted molar refractivity (Wildman–Crippen MR) is 144 cm³/mol. The van der Waals surface area contributed by atoms with E-state index in [1.165, 1.54) is 14.5 Å². The van der Waals surface area contributed by atoms with Gasteiger partial charge in [-0.1, -0.05) is 26.8 Å². The number of hydrogen-bond acceptors (Lipinski definition) is 7. The molecule has 3 aromatic rings. The van der Waals surface area contributed by atoms with Crippen LogP contribution in [-0.4, -0.2) is 58.9 Å². The number of carboxylic acid groups (broad SMARTS) is 1. The Bertz CT molecular complexity index is 1450. The number of aryl methyl sites for hydroxylation is 1. The molecule has 0 radical (unpaired) electrons. The van der Waals surface area contributed by atoms with Gasteiger partial charge in [0.25, 0.3) is 5.91 Å². The highest BCUT2D eigenvalue weighted by atomic mass is 16.6. The molecule has 0 unspecified atom stereocenters. The van der Waals surface area contributed by atoms with Crippen molar-refractivity contribution in [3.8, 4) is 11.3 Å². The summed E-state index contributed by atoms with van der Waals surface area (Å²) < 4.78 is 7.17. The fourth-order valence-electron chi connectivity index (χ4n) is 4.43. The third-order valence-electron chi connectivity index (χ3n) is 7.04. The summed E-state index contributed by atoms with van der Waals surface area (Å²) in [6.07, 6.45) is 2.49. The molecular formula is C28H34N6O5. The summed E-state index contributed by atoms with van der Waals surface area (Å²) in [5.41, 5.74) is -0.951. The van der Waals surface area contributed by atoms with Gasteiger partial charge in [-0.15, -0.1) is 0 Å². The smallest absolute Gasteiger partial charge is 0.421 e. The maximum absolute atomic E-state index is 13.5. The molecule has 0 bridgehead atoms. The van der Waals surface area contributed by atoms with Crippen LogP contribution in [0.25, 0.3) is 11.3 Å². The minimum Gasteiger partial charge on any atom is -0.479 e. The fourth-order valence-corrected chi connectivity index (χ4v) is 4.43. The lowest BCUT2D eigenvalue weighted by Gasteiger charge is -2.44. The van der Waals surface area contributed by atoms with E-state index in [0.717, 1.165) is 0 Å². The van der Waals surface area contributed by atoms with Gasteiger partial charge in [-0.25, -0.2) is 24.5 Å². The number of amides is 2. The molecule has 1 N–H and O–H groups in total. The van der Waals surface area contributed by atoms with Crippen LogP contribution in [0.2, 0.25) is 0 Å². The van der Waals surface area contributed by atoms with Crippen molar-refractivity contribution < 1.29 is 24.2 Å². The van der Waals surface area contributed by atoms with Crippen molar-refractivity contribution in [3.63, 3.8) is 0 Å². The summed E-state index contributed by atoms with van der Waals surface area (Å²) in [7, 11) is 1.71. The molecule has 0 aliphatic carbocycles. The Morgan fingerprint density at radius 3 is 2.28 bits per heavy atom. The van der Waals surface area contributed by atoms with Crippen molar-refractivity contribution in [3.05, 3.63) is 54.0 Å². The third-order valence-corrected chi connectivity index (χ3v) is 7.04. The highest BCUT2D eigenvalue weighted by Gasteiger charge is 2.53. The Kier molecular flexibility index (Phi) is 6.74. The first-order valence-electron chi connectivity index (χ1n) is 12.6. The molecular weight excluding hydrogens is 500 g/mol. The van der Waals surface area contributed by atoms with Crippen LogP contribution in [0.1, 0.15) is 64.5 Å². The van der Waals surface area contributed by atoms with Gasteiger partial charge in [-0.05, 0) is 51.3 Å². The van der Waals surface area contributed by atoms with E-state index in [9.17, 15) is 19.5 Å². The lowest BCUT2D eigenvalue weighted by atomic mass is 9.73. The molecule has 0 saturated carbocycles. The summed E-state index contributed by atoms with van der Waals surface area (Å²) in [6.45, 7) is 12.4. The summed E-state index contributed by atoms with van der Waals surface area (Å²) >= 11 is 0. The monoisotopic (exact) mass is 534 g/mol. The molecule has 4 rings (SSSR count). The van der Waals surface area contributed by atoms with Gasteiger partial charge in [0.15, 0.2) is 0 Å². The number of fused-ring (bicyclic) bond motifs is 1. The van der Waals surface area contributed by atoms with Crippen LogP contribution in [0, 0.1) is 5.41 Å². The van der Waals surface area contributed by atoms with Crippen LogP contribution in [0.15, 0.2) is 42.7 Å². The largest absolute Gasteiger partial charge is 0.479 e. The maximum atomic E-state index is 13.5. The quantitative estimate of drug-likeness (QED) is 0.494. The minimum atomic E-state index is -1.44. The molecule has 4 heterocycles. The average molecular weight is 535 g/mol. The second kappa shape index (κ2) is 9.48. The van der Waals surface area contributed by atoms with E-state index in [-0.39, 0.29) is 18.1 Å². The molecule has 39 heavy (non-hydrogen) atoms. The van der Waals surface area contributed by atoms with Gasteiger partial charge in [-0.2, -0.15) is 5.10 Å². The topological polar surface area (TPSA) is 131 Å². The standard InChI is InChI=1S/C28H34N6O5/c1-26(2,3)28(7,24(36)37)33-16-18-9-10-19(31-22(18)23(33)35)17-11-13-29-20(15-17)34(21-12-14-30-32(21)8)25(38)39-27(4,5)6/h9-15H,16H2,1-8H3,(H,36,37)/t28-/m0/s1. The molecule has 0 aromatic carbocycles. The third kappa shape index (κ3) is 4.96.